The Labute approximate surface area is 105 Å². The predicted octanol–water partition coefficient (Wildman–Crippen LogP) is 1.23. The van der Waals surface area contributed by atoms with Crippen molar-refractivity contribution in [3.05, 3.63) is 0 Å². The van der Waals surface area contributed by atoms with Crippen LogP contribution in [0.4, 0.5) is 4.79 Å². The van der Waals surface area contributed by atoms with Crippen molar-refractivity contribution in [1.29, 1.82) is 0 Å². The Morgan fingerprint density at radius 1 is 1.35 bits per heavy atom. The summed E-state index contributed by atoms with van der Waals surface area (Å²) >= 11 is 0. The van der Waals surface area contributed by atoms with Gasteiger partial charge >= 0.3 is 12.1 Å². The molecule has 0 radical (unpaired) electrons. The van der Waals surface area contributed by atoms with Crippen molar-refractivity contribution in [3.63, 3.8) is 0 Å². The van der Waals surface area contributed by atoms with Gasteiger partial charge in [0.2, 0.25) is 0 Å². The number of aliphatic carboxylic acids is 1. The number of carbonyl (C=O) groups excluding carboxylic acids is 1. The van der Waals surface area contributed by atoms with E-state index in [0.29, 0.717) is 6.42 Å². The van der Waals surface area contributed by atoms with Gasteiger partial charge in [-0.3, -0.25) is 0 Å². The lowest BCUT2D eigenvalue weighted by molar-refractivity contribution is -0.139. The van der Waals surface area contributed by atoms with Crippen molar-refractivity contribution in [1.82, 2.24) is 5.32 Å². The van der Waals surface area contributed by atoms with E-state index in [1.807, 2.05) is 12.5 Å². The second-order valence-corrected chi connectivity index (χ2v) is 7.39. The molecule has 0 heterocycles. The van der Waals surface area contributed by atoms with E-state index < -0.39 is 23.7 Å². The predicted molar refractivity (Wildman–Crippen MR) is 69.5 cm³/mol. The fourth-order valence-electron chi connectivity index (χ4n) is 1.06. The number of carboxylic acid groups (broad SMARTS) is 1. The molecular weight excluding hydrogens is 242 g/mol. The van der Waals surface area contributed by atoms with E-state index in [0.717, 1.165) is 5.75 Å². The van der Waals surface area contributed by atoms with Gasteiger partial charge in [-0.25, -0.2) is 9.59 Å². The van der Waals surface area contributed by atoms with Crippen LogP contribution >= 0.6 is 0 Å². The van der Waals surface area contributed by atoms with Crippen LogP contribution in [0, 0.1) is 0 Å². The van der Waals surface area contributed by atoms with Gasteiger partial charge in [-0.15, -0.1) is 0 Å². The zero-order valence-electron chi connectivity index (χ0n) is 11.1. The minimum Gasteiger partial charge on any atom is -0.480 e. The molecule has 0 bridgehead atoms. The maximum atomic E-state index is 11.4. The van der Waals surface area contributed by atoms with Gasteiger partial charge < -0.3 is 15.2 Å². The quantitative estimate of drug-likeness (QED) is 0.732. The average Bonchev–Trinajstić information content (AvgIpc) is 2.08. The summed E-state index contributed by atoms with van der Waals surface area (Å²) in [5.74, 6) is -0.256. The summed E-state index contributed by atoms with van der Waals surface area (Å²) in [6.45, 7) is 5.20. The van der Waals surface area contributed by atoms with E-state index in [-0.39, 0.29) is 10.9 Å². The fourth-order valence-corrected chi connectivity index (χ4v) is 1.77. The molecule has 0 saturated carbocycles. The Morgan fingerprint density at radius 3 is 2.24 bits per heavy atom. The van der Waals surface area contributed by atoms with Gasteiger partial charge in [-0.2, -0.15) is 0 Å². The summed E-state index contributed by atoms with van der Waals surface area (Å²) in [5.41, 5.74) is -0.618. The number of nitrogens with one attached hydrogen (secondary N) is 1. The van der Waals surface area contributed by atoms with Crippen LogP contribution in [-0.4, -0.2) is 47.1 Å². The normalized spacial score (nSPS) is 13.3. The molecule has 17 heavy (non-hydrogen) atoms. The lowest BCUT2D eigenvalue weighted by Gasteiger charge is -2.21. The van der Waals surface area contributed by atoms with E-state index >= 15 is 0 Å². The molecule has 1 unspecified atom stereocenters. The number of carbonyl (C=O) groups is 2. The molecule has 0 aliphatic heterocycles. The molecule has 0 saturated heterocycles. The third kappa shape index (κ3) is 8.85. The summed E-state index contributed by atoms with van der Waals surface area (Å²) in [4.78, 5) is 22.4. The van der Waals surface area contributed by atoms with Gasteiger partial charge in [0, 0.05) is 6.42 Å². The van der Waals surface area contributed by atoms with Gasteiger partial charge in [-0.1, -0.05) is 0 Å². The van der Waals surface area contributed by atoms with Crippen LogP contribution < -0.4 is 5.32 Å². The molecule has 5 nitrogen and oxygen atoms in total. The Kier molecular flexibility index (Phi) is 6.37. The molecule has 1 atom stereocenters. The lowest BCUT2D eigenvalue weighted by Crippen LogP contribution is -2.44. The highest BCUT2D eigenvalue weighted by molar-refractivity contribution is 7.95. The standard InChI is InChI=1S/C11H21NO4S/c1-11(2,3)16-10(15)12-8(9(13)14)6-7-17(4)5/h8H,6-7H2,1-5H3,(H-,12,13,14,15)/p+1. The average molecular weight is 264 g/mol. The highest BCUT2D eigenvalue weighted by Crippen LogP contribution is 2.07. The van der Waals surface area contributed by atoms with Crippen molar-refractivity contribution in [2.24, 2.45) is 0 Å². The van der Waals surface area contributed by atoms with Gasteiger partial charge in [0.15, 0.2) is 0 Å². The molecular formula is C11H22NO4S+. The van der Waals surface area contributed by atoms with Crippen molar-refractivity contribution in [2.75, 3.05) is 18.3 Å². The summed E-state index contributed by atoms with van der Waals surface area (Å²) in [5, 5.41) is 11.3. The molecule has 6 heteroatoms. The minimum atomic E-state index is -1.03. The number of rotatable bonds is 5. The molecule has 0 aromatic carbocycles. The van der Waals surface area contributed by atoms with Crippen molar-refractivity contribution < 1.29 is 19.4 Å². The van der Waals surface area contributed by atoms with Crippen LogP contribution in [0.15, 0.2) is 0 Å². The Morgan fingerprint density at radius 2 is 1.88 bits per heavy atom. The first-order valence-corrected chi connectivity index (χ1v) is 7.59. The molecule has 0 aliphatic rings. The smallest absolute Gasteiger partial charge is 0.408 e. The zero-order valence-corrected chi connectivity index (χ0v) is 11.9. The van der Waals surface area contributed by atoms with E-state index in [9.17, 15) is 9.59 Å². The highest BCUT2D eigenvalue weighted by Gasteiger charge is 2.25. The van der Waals surface area contributed by atoms with Crippen LogP contribution in [0.1, 0.15) is 27.2 Å². The summed E-state index contributed by atoms with van der Waals surface area (Å²) < 4.78 is 5.01. The van der Waals surface area contributed by atoms with Crippen molar-refractivity contribution in [3.8, 4) is 0 Å². The molecule has 0 rings (SSSR count). The number of alkyl carbamates (subject to hydrolysis) is 1. The first-order chi connectivity index (χ1) is 7.61. The van der Waals surface area contributed by atoms with Gasteiger partial charge in [-0.05, 0) is 31.7 Å². The first kappa shape index (κ1) is 16.1. The van der Waals surface area contributed by atoms with Crippen LogP contribution in [0.2, 0.25) is 0 Å². The Bertz CT molecular complexity index is 273. The summed E-state index contributed by atoms with van der Waals surface area (Å²) in [6.07, 6.45) is 3.81. The SMILES string of the molecule is C[S+](C)CCC(NC(=O)OC(C)(C)C)C(=O)O. The Hall–Kier alpha value is -0.910. The van der Waals surface area contributed by atoms with E-state index in [4.69, 9.17) is 9.84 Å². The first-order valence-electron chi connectivity index (χ1n) is 5.38. The maximum Gasteiger partial charge on any atom is 0.408 e. The van der Waals surface area contributed by atoms with Crippen LogP contribution in [0.5, 0.6) is 0 Å². The van der Waals surface area contributed by atoms with E-state index in [2.05, 4.69) is 5.32 Å². The van der Waals surface area contributed by atoms with Crippen LogP contribution in [0.25, 0.3) is 0 Å². The maximum absolute atomic E-state index is 11.4. The molecule has 1 amide bonds. The molecule has 2 N–H and O–H groups in total. The van der Waals surface area contributed by atoms with Crippen molar-refractivity contribution >= 4 is 23.0 Å². The topological polar surface area (TPSA) is 75.6 Å². The molecule has 100 valence electrons. The highest BCUT2D eigenvalue weighted by atomic mass is 32.2. The number of carboxylic acids is 1. The summed E-state index contributed by atoms with van der Waals surface area (Å²) in [7, 11) is 0.158. The van der Waals surface area contributed by atoms with E-state index in [1.165, 1.54) is 0 Å². The third-order valence-electron chi connectivity index (χ3n) is 1.80. The molecule has 0 aliphatic carbocycles. The van der Waals surface area contributed by atoms with E-state index in [1.54, 1.807) is 20.8 Å². The van der Waals surface area contributed by atoms with Crippen LogP contribution in [0.3, 0.4) is 0 Å². The second kappa shape index (κ2) is 6.74. The van der Waals surface area contributed by atoms with Gasteiger partial charge in [0.05, 0.1) is 12.5 Å². The lowest BCUT2D eigenvalue weighted by atomic mass is 10.2. The van der Waals surface area contributed by atoms with Gasteiger partial charge in [0.25, 0.3) is 0 Å². The molecule has 0 spiro atoms. The zero-order chi connectivity index (χ0) is 13.6. The fraction of sp³-hybridized carbons (Fsp3) is 0.818. The molecule has 0 aromatic heterocycles. The van der Waals surface area contributed by atoms with Crippen LogP contribution in [-0.2, 0) is 20.4 Å². The molecule has 0 aromatic rings. The minimum absolute atomic E-state index is 0.158. The third-order valence-corrected chi connectivity index (χ3v) is 2.86. The second-order valence-electron chi connectivity index (χ2n) is 5.02. The number of hydrogen-bond donors (Lipinski definition) is 2. The summed E-state index contributed by atoms with van der Waals surface area (Å²) in [6, 6.07) is -0.875. The Balaban J connectivity index is 4.26. The van der Waals surface area contributed by atoms with Crippen molar-refractivity contribution in [2.45, 2.75) is 38.8 Å². The van der Waals surface area contributed by atoms with Gasteiger partial charge in [0.1, 0.15) is 17.4 Å². The monoisotopic (exact) mass is 264 g/mol. The number of ether oxygens (including phenoxy) is 1. The molecule has 0 fully saturated rings. The number of amides is 1. The number of hydrogen-bond acceptors (Lipinski definition) is 3. The largest absolute Gasteiger partial charge is 0.480 e.